The molecule has 0 aliphatic heterocycles. The first-order valence-electron chi connectivity index (χ1n) is 8.01. The predicted octanol–water partition coefficient (Wildman–Crippen LogP) is 4.86. The maximum absolute atomic E-state index is 12.4. The highest BCUT2D eigenvalue weighted by molar-refractivity contribution is 7.22. The Morgan fingerprint density at radius 3 is 2.64 bits per heavy atom. The van der Waals surface area contributed by atoms with Gasteiger partial charge in [0, 0.05) is 5.39 Å². The number of nitrogens with zero attached hydrogens (tertiary/aromatic N) is 1. The fraction of sp³-hybridized carbons (Fsp3) is 0.100. The minimum atomic E-state index is -0.605. The van der Waals surface area contributed by atoms with Gasteiger partial charge in [0.2, 0.25) is 0 Å². The fourth-order valence-corrected chi connectivity index (χ4v) is 3.56. The second-order valence-electron chi connectivity index (χ2n) is 5.71. The number of fused-ring (bicyclic) bond motifs is 3. The molecular weight excluding hydrogens is 332 g/mol. The first-order chi connectivity index (χ1) is 12.2. The Balaban J connectivity index is 1.56. The molecule has 3 aromatic carbocycles. The minimum absolute atomic E-state index is 0.216. The molecule has 1 aromatic heterocycles. The molecule has 1 heterocycles. The first-order valence-corrected chi connectivity index (χ1v) is 8.83. The van der Waals surface area contributed by atoms with Crippen molar-refractivity contribution in [2.75, 3.05) is 5.32 Å². The summed E-state index contributed by atoms with van der Waals surface area (Å²) in [6.45, 7) is 1.73. The molecule has 0 bridgehead atoms. The number of benzene rings is 3. The smallest absolute Gasteiger partial charge is 0.266 e. The zero-order valence-electron chi connectivity index (χ0n) is 13.6. The van der Waals surface area contributed by atoms with Crippen molar-refractivity contribution >= 4 is 43.4 Å². The van der Waals surface area contributed by atoms with Gasteiger partial charge in [-0.15, -0.1) is 0 Å². The number of thiazole rings is 1. The third kappa shape index (κ3) is 3.19. The zero-order valence-corrected chi connectivity index (χ0v) is 14.4. The van der Waals surface area contributed by atoms with E-state index in [0.717, 1.165) is 21.0 Å². The van der Waals surface area contributed by atoms with Gasteiger partial charge in [-0.3, -0.25) is 10.1 Å². The average Bonchev–Trinajstić information content (AvgIpc) is 3.05. The van der Waals surface area contributed by atoms with Gasteiger partial charge >= 0.3 is 0 Å². The van der Waals surface area contributed by atoms with Crippen LogP contribution in [-0.2, 0) is 4.79 Å². The fourth-order valence-electron chi connectivity index (χ4n) is 2.68. The Hall–Kier alpha value is -2.92. The number of aromatic nitrogens is 1. The summed E-state index contributed by atoms with van der Waals surface area (Å²) in [5.41, 5.74) is 0.912. The van der Waals surface area contributed by atoms with Crippen molar-refractivity contribution in [3.05, 3.63) is 66.7 Å². The predicted molar refractivity (Wildman–Crippen MR) is 102 cm³/mol. The standard InChI is InChI=1S/C20H16N2O2S/c1-13(24-15-8-3-2-4-9-15)19(23)22-20-21-18-16-10-6-5-7-14(16)11-12-17(18)25-20/h2-13H,1H3,(H,21,22,23)/t13-/m1/s1. The van der Waals surface area contributed by atoms with Gasteiger partial charge in [0.05, 0.1) is 10.2 Å². The SMILES string of the molecule is C[C@@H](Oc1ccccc1)C(=O)Nc1nc2c(ccc3ccccc32)s1. The van der Waals surface area contributed by atoms with Crippen LogP contribution >= 0.6 is 11.3 Å². The van der Waals surface area contributed by atoms with Gasteiger partial charge in [-0.25, -0.2) is 4.98 Å². The van der Waals surface area contributed by atoms with Crippen LogP contribution in [0.4, 0.5) is 5.13 Å². The molecule has 4 rings (SSSR count). The van der Waals surface area contributed by atoms with Crippen LogP contribution in [-0.4, -0.2) is 17.0 Å². The molecule has 0 saturated carbocycles. The summed E-state index contributed by atoms with van der Waals surface area (Å²) in [6, 6.07) is 21.5. The average molecular weight is 348 g/mol. The first kappa shape index (κ1) is 15.6. The molecule has 4 aromatic rings. The Bertz CT molecular complexity index is 1040. The molecule has 0 aliphatic rings. The summed E-state index contributed by atoms with van der Waals surface area (Å²) >= 11 is 1.47. The maximum Gasteiger partial charge on any atom is 0.266 e. The van der Waals surface area contributed by atoms with E-state index in [2.05, 4.69) is 22.4 Å². The van der Waals surface area contributed by atoms with Crippen molar-refractivity contribution in [2.45, 2.75) is 13.0 Å². The molecule has 0 radical (unpaired) electrons. The summed E-state index contributed by atoms with van der Waals surface area (Å²) in [7, 11) is 0. The highest BCUT2D eigenvalue weighted by Gasteiger charge is 2.17. The van der Waals surface area contributed by atoms with Gasteiger partial charge < -0.3 is 4.74 Å². The third-order valence-electron chi connectivity index (χ3n) is 3.94. The summed E-state index contributed by atoms with van der Waals surface area (Å²) in [5.74, 6) is 0.452. The number of ether oxygens (including phenoxy) is 1. The lowest BCUT2D eigenvalue weighted by atomic mass is 10.1. The molecule has 0 unspecified atom stereocenters. The topological polar surface area (TPSA) is 51.2 Å². The van der Waals surface area contributed by atoms with E-state index in [1.54, 1.807) is 6.92 Å². The van der Waals surface area contributed by atoms with Gasteiger partial charge in [0.25, 0.3) is 5.91 Å². The minimum Gasteiger partial charge on any atom is -0.481 e. The van der Waals surface area contributed by atoms with Gasteiger partial charge in [0.15, 0.2) is 11.2 Å². The lowest BCUT2D eigenvalue weighted by Gasteiger charge is -2.13. The maximum atomic E-state index is 12.4. The molecule has 0 saturated heterocycles. The number of hydrogen-bond donors (Lipinski definition) is 1. The summed E-state index contributed by atoms with van der Waals surface area (Å²) in [6.07, 6.45) is -0.605. The van der Waals surface area contributed by atoms with E-state index in [4.69, 9.17) is 4.74 Å². The normalized spacial score (nSPS) is 12.2. The van der Waals surface area contributed by atoms with Crippen LogP contribution in [0.25, 0.3) is 21.0 Å². The van der Waals surface area contributed by atoms with Crippen LogP contribution in [0.3, 0.4) is 0 Å². The molecular formula is C20H16N2O2S. The number of carbonyl (C=O) groups excluding carboxylic acids is 1. The molecule has 0 spiro atoms. The monoisotopic (exact) mass is 348 g/mol. The quantitative estimate of drug-likeness (QED) is 0.573. The number of amides is 1. The van der Waals surface area contributed by atoms with Gasteiger partial charge in [-0.05, 0) is 30.5 Å². The zero-order chi connectivity index (χ0) is 17.2. The van der Waals surface area contributed by atoms with Crippen LogP contribution in [0.15, 0.2) is 66.7 Å². The number of anilines is 1. The van der Waals surface area contributed by atoms with Crippen molar-refractivity contribution in [3.8, 4) is 5.75 Å². The molecule has 1 N–H and O–H groups in total. The molecule has 124 valence electrons. The van der Waals surface area contributed by atoms with Crippen LogP contribution in [0.1, 0.15) is 6.92 Å². The molecule has 1 atom stereocenters. The van der Waals surface area contributed by atoms with Gasteiger partial charge in [-0.1, -0.05) is 59.9 Å². The van der Waals surface area contributed by atoms with Crippen molar-refractivity contribution in [1.29, 1.82) is 0 Å². The van der Waals surface area contributed by atoms with E-state index in [-0.39, 0.29) is 5.91 Å². The molecule has 0 aliphatic carbocycles. The third-order valence-corrected chi connectivity index (χ3v) is 4.88. The number of hydrogen-bond acceptors (Lipinski definition) is 4. The number of rotatable bonds is 4. The van der Waals surface area contributed by atoms with Crippen molar-refractivity contribution in [1.82, 2.24) is 4.98 Å². The second-order valence-corrected chi connectivity index (χ2v) is 6.75. The molecule has 5 heteroatoms. The Morgan fingerprint density at radius 1 is 1.04 bits per heavy atom. The van der Waals surface area contributed by atoms with E-state index < -0.39 is 6.10 Å². The Morgan fingerprint density at radius 2 is 1.80 bits per heavy atom. The van der Waals surface area contributed by atoms with Crippen molar-refractivity contribution < 1.29 is 9.53 Å². The number of para-hydroxylation sites is 1. The Kier molecular flexibility index (Phi) is 4.07. The van der Waals surface area contributed by atoms with E-state index in [1.165, 1.54) is 11.3 Å². The lowest BCUT2D eigenvalue weighted by Crippen LogP contribution is -2.30. The molecule has 25 heavy (non-hydrogen) atoms. The van der Waals surface area contributed by atoms with Crippen molar-refractivity contribution in [3.63, 3.8) is 0 Å². The van der Waals surface area contributed by atoms with Crippen molar-refractivity contribution in [2.24, 2.45) is 0 Å². The number of carbonyl (C=O) groups is 1. The van der Waals surface area contributed by atoms with E-state index >= 15 is 0 Å². The summed E-state index contributed by atoms with van der Waals surface area (Å²) in [4.78, 5) is 17.0. The Labute approximate surface area is 149 Å². The van der Waals surface area contributed by atoms with Crippen LogP contribution < -0.4 is 10.1 Å². The second kappa shape index (κ2) is 6.53. The molecule has 1 amide bonds. The van der Waals surface area contributed by atoms with E-state index in [0.29, 0.717) is 10.9 Å². The van der Waals surface area contributed by atoms with Gasteiger partial charge in [0.1, 0.15) is 5.75 Å². The van der Waals surface area contributed by atoms with E-state index in [1.807, 2.05) is 54.6 Å². The summed E-state index contributed by atoms with van der Waals surface area (Å²) < 4.78 is 6.70. The van der Waals surface area contributed by atoms with Crippen LogP contribution in [0.2, 0.25) is 0 Å². The van der Waals surface area contributed by atoms with E-state index in [9.17, 15) is 4.79 Å². The largest absolute Gasteiger partial charge is 0.481 e. The molecule has 0 fully saturated rings. The van der Waals surface area contributed by atoms with Gasteiger partial charge in [-0.2, -0.15) is 0 Å². The lowest BCUT2D eigenvalue weighted by molar-refractivity contribution is -0.122. The highest BCUT2D eigenvalue weighted by Crippen LogP contribution is 2.31. The van der Waals surface area contributed by atoms with Crippen LogP contribution in [0.5, 0.6) is 5.75 Å². The summed E-state index contributed by atoms with van der Waals surface area (Å²) in [5, 5.41) is 5.67. The number of nitrogens with one attached hydrogen (secondary N) is 1. The highest BCUT2D eigenvalue weighted by atomic mass is 32.1. The van der Waals surface area contributed by atoms with Crippen LogP contribution in [0, 0.1) is 0 Å². The molecule has 4 nitrogen and oxygen atoms in total.